The fourth-order valence-electron chi connectivity index (χ4n) is 1.44. The SMILES string of the molecule is CC(=S)Nc1ccccc1C(C)(C)C. The van der Waals surface area contributed by atoms with Crippen LogP contribution < -0.4 is 5.32 Å². The van der Waals surface area contributed by atoms with Crippen molar-refractivity contribution in [3.63, 3.8) is 0 Å². The Kier molecular flexibility index (Phi) is 3.27. The second-order valence-electron chi connectivity index (χ2n) is 4.48. The van der Waals surface area contributed by atoms with Crippen molar-refractivity contribution in [1.29, 1.82) is 0 Å². The summed E-state index contributed by atoms with van der Waals surface area (Å²) in [6, 6.07) is 8.29. The molecule has 0 heterocycles. The van der Waals surface area contributed by atoms with Crippen molar-refractivity contribution < 1.29 is 0 Å². The molecule has 0 spiro atoms. The van der Waals surface area contributed by atoms with E-state index in [4.69, 9.17) is 12.2 Å². The molecule has 0 bridgehead atoms. The Morgan fingerprint density at radius 2 is 1.79 bits per heavy atom. The van der Waals surface area contributed by atoms with Gasteiger partial charge in [0.25, 0.3) is 0 Å². The van der Waals surface area contributed by atoms with E-state index in [1.807, 2.05) is 13.0 Å². The third kappa shape index (κ3) is 2.81. The van der Waals surface area contributed by atoms with E-state index in [-0.39, 0.29) is 5.41 Å². The molecule has 1 rings (SSSR count). The van der Waals surface area contributed by atoms with Gasteiger partial charge in [-0.15, -0.1) is 0 Å². The monoisotopic (exact) mass is 207 g/mol. The van der Waals surface area contributed by atoms with Crippen LogP contribution >= 0.6 is 12.2 Å². The number of nitrogens with one attached hydrogen (secondary N) is 1. The predicted molar refractivity (Wildman–Crippen MR) is 67.0 cm³/mol. The summed E-state index contributed by atoms with van der Waals surface area (Å²) in [6.07, 6.45) is 0. The Morgan fingerprint density at radius 3 is 2.29 bits per heavy atom. The van der Waals surface area contributed by atoms with Crippen LogP contribution in [0, 0.1) is 0 Å². The molecule has 0 aliphatic carbocycles. The topological polar surface area (TPSA) is 12.0 Å². The second-order valence-corrected chi connectivity index (χ2v) is 5.09. The van der Waals surface area contributed by atoms with Crippen LogP contribution in [-0.2, 0) is 5.41 Å². The lowest BCUT2D eigenvalue weighted by Gasteiger charge is -2.23. The van der Waals surface area contributed by atoms with Crippen LogP contribution in [0.4, 0.5) is 5.69 Å². The first kappa shape index (κ1) is 11.2. The zero-order valence-corrected chi connectivity index (χ0v) is 10.0. The third-order valence-corrected chi connectivity index (χ3v) is 2.15. The molecule has 0 saturated heterocycles. The maximum atomic E-state index is 5.05. The van der Waals surface area contributed by atoms with Gasteiger partial charge in [0.05, 0.1) is 4.99 Å². The van der Waals surface area contributed by atoms with Gasteiger partial charge in [0, 0.05) is 5.69 Å². The van der Waals surface area contributed by atoms with E-state index >= 15 is 0 Å². The smallest absolute Gasteiger partial charge is 0.0765 e. The molecule has 14 heavy (non-hydrogen) atoms. The van der Waals surface area contributed by atoms with E-state index in [1.54, 1.807) is 0 Å². The van der Waals surface area contributed by atoms with Gasteiger partial charge in [-0.3, -0.25) is 0 Å². The fraction of sp³-hybridized carbons (Fsp3) is 0.417. The van der Waals surface area contributed by atoms with Gasteiger partial charge in [-0.1, -0.05) is 51.2 Å². The van der Waals surface area contributed by atoms with Crippen molar-refractivity contribution >= 4 is 22.9 Å². The highest BCUT2D eigenvalue weighted by Gasteiger charge is 2.17. The summed E-state index contributed by atoms with van der Waals surface area (Å²) in [6.45, 7) is 8.50. The zero-order valence-electron chi connectivity index (χ0n) is 9.22. The van der Waals surface area contributed by atoms with Gasteiger partial charge >= 0.3 is 0 Å². The molecular weight excluding hydrogens is 190 g/mol. The normalized spacial score (nSPS) is 11.1. The van der Waals surface area contributed by atoms with Gasteiger partial charge in [0.1, 0.15) is 0 Å². The highest BCUT2D eigenvalue weighted by atomic mass is 32.1. The van der Waals surface area contributed by atoms with Gasteiger partial charge in [0.15, 0.2) is 0 Å². The first-order valence-corrected chi connectivity index (χ1v) is 5.19. The molecule has 0 atom stereocenters. The molecule has 0 radical (unpaired) electrons. The number of hydrogen-bond acceptors (Lipinski definition) is 1. The lowest BCUT2D eigenvalue weighted by molar-refractivity contribution is 0.592. The average molecular weight is 207 g/mol. The maximum Gasteiger partial charge on any atom is 0.0765 e. The molecule has 0 aliphatic heterocycles. The van der Waals surface area contributed by atoms with E-state index in [9.17, 15) is 0 Å². The van der Waals surface area contributed by atoms with Crippen molar-refractivity contribution in [2.75, 3.05) is 5.32 Å². The molecule has 0 amide bonds. The molecular formula is C12H17NS. The summed E-state index contributed by atoms with van der Waals surface area (Å²) < 4.78 is 0. The lowest BCUT2D eigenvalue weighted by Crippen LogP contribution is -2.16. The minimum absolute atomic E-state index is 0.147. The Bertz CT molecular complexity index is 336. The van der Waals surface area contributed by atoms with Crippen LogP contribution in [-0.4, -0.2) is 4.99 Å². The highest BCUT2D eigenvalue weighted by Crippen LogP contribution is 2.29. The quantitative estimate of drug-likeness (QED) is 0.704. The third-order valence-electron chi connectivity index (χ3n) is 2.05. The standard InChI is InChI=1S/C12H17NS/c1-9(14)13-11-8-6-5-7-10(11)12(2,3)4/h5-8H,1-4H3,(H,13,14). The number of benzene rings is 1. The largest absolute Gasteiger partial charge is 0.350 e. The van der Waals surface area contributed by atoms with E-state index in [2.05, 4.69) is 44.3 Å². The minimum Gasteiger partial charge on any atom is -0.350 e. The molecule has 0 aliphatic rings. The minimum atomic E-state index is 0.147. The van der Waals surface area contributed by atoms with Gasteiger partial charge in [-0.2, -0.15) is 0 Å². The molecule has 76 valence electrons. The Morgan fingerprint density at radius 1 is 1.21 bits per heavy atom. The van der Waals surface area contributed by atoms with Gasteiger partial charge in [0.2, 0.25) is 0 Å². The summed E-state index contributed by atoms with van der Waals surface area (Å²) in [5.41, 5.74) is 2.56. The summed E-state index contributed by atoms with van der Waals surface area (Å²) in [4.78, 5) is 0.807. The molecule has 0 unspecified atom stereocenters. The summed E-state index contributed by atoms with van der Waals surface area (Å²) >= 11 is 5.05. The van der Waals surface area contributed by atoms with Crippen LogP contribution in [0.1, 0.15) is 33.3 Å². The lowest BCUT2D eigenvalue weighted by atomic mass is 9.86. The molecule has 0 fully saturated rings. The van der Waals surface area contributed by atoms with E-state index in [1.165, 1.54) is 5.56 Å². The Balaban J connectivity index is 3.10. The maximum absolute atomic E-state index is 5.05. The average Bonchev–Trinajstić information content (AvgIpc) is 2.01. The molecule has 1 N–H and O–H groups in total. The summed E-state index contributed by atoms with van der Waals surface area (Å²) in [5.74, 6) is 0. The molecule has 1 nitrogen and oxygen atoms in total. The number of anilines is 1. The Hall–Kier alpha value is -0.890. The highest BCUT2D eigenvalue weighted by molar-refractivity contribution is 7.80. The van der Waals surface area contributed by atoms with Crippen LogP contribution in [0.3, 0.4) is 0 Å². The van der Waals surface area contributed by atoms with Crippen molar-refractivity contribution in [3.8, 4) is 0 Å². The molecule has 0 saturated carbocycles. The predicted octanol–water partition coefficient (Wildman–Crippen LogP) is 3.74. The van der Waals surface area contributed by atoms with Gasteiger partial charge in [-0.05, 0) is 24.0 Å². The van der Waals surface area contributed by atoms with Gasteiger partial charge in [-0.25, -0.2) is 0 Å². The molecule has 0 aromatic heterocycles. The number of para-hydroxylation sites is 1. The zero-order chi connectivity index (χ0) is 10.8. The van der Waals surface area contributed by atoms with Crippen molar-refractivity contribution in [2.45, 2.75) is 33.1 Å². The molecule has 1 aromatic rings. The number of hydrogen-bond donors (Lipinski definition) is 1. The van der Waals surface area contributed by atoms with E-state index in [0.29, 0.717) is 0 Å². The molecule has 2 heteroatoms. The van der Waals surface area contributed by atoms with E-state index in [0.717, 1.165) is 10.7 Å². The van der Waals surface area contributed by atoms with Crippen molar-refractivity contribution in [1.82, 2.24) is 0 Å². The van der Waals surface area contributed by atoms with Crippen LogP contribution in [0.5, 0.6) is 0 Å². The molecule has 1 aromatic carbocycles. The second kappa shape index (κ2) is 4.09. The van der Waals surface area contributed by atoms with Crippen LogP contribution in [0.2, 0.25) is 0 Å². The van der Waals surface area contributed by atoms with Crippen LogP contribution in [0.25, 0.3) is 0 Å². The first-order valence-electron chi connectivity index (χ1n) is 4.78. The van der Waals surface area contributed by atoms with Crippen molar-refractivity contribution in [2.24, 2.45) is 0 Å². The summed E-state index contributed by atoms with van der Waals surface area (Å²) in [5, 5.41) is 3.21. The van der Waals surface area contributed by atoms with Gasteiger partial charge < -0.3 is 5.32 Å². The van der Waals surface area contributed by atoms with E-state index < -0.39 is 0 Å². The number of thiocarbonyl (C=S) groups is 1. The number of rotatable bonds is 1. The van der Waals surface area contributed by atoms with Crippen LogP contribution in [0.15, 0.2) is 24.3 Å². The summed E-state index contributed by atoms with van der Waals surface area (Å²) in [7, 11) is 0. The Labute approximate surface area is 91.5 Å². The van der Waals surface area contributed by atoms with Crippen molar-refractivity contribution in [3.05, 3.63) is 29.8 Å². The fourth-order valence-corrected chi connectivity index (χ4v) is 1.55. The first-order chi connectivity index (χ1) is 6.41.